The summed E-state index contributed by atoms with van der Waals surface area (Å²) in [4.78, 5) is 25.1. The normalized spacial score (nSPS) is 10.5. The Hall–Kier alpha value is -3.06. The van der Waals surface area contributed by atoms with Gasteiger partial charge in [-0.05, 0) is 49.0 Å². The summed E-state index contributed by atoms with van der Waals surface area (Å²) in [6.45, 7) is 0.792. The molecule has 0 radical (unpaired) electrons. The Kier molecular flexibility index (Phi) is 6.57. The molecule has 2 aromatic carbocycles. The number of benzene rings is 2. The van der Waals surface area contributed by atoms with Crippen molar-refractivity contribution in [3.05, 3.63) is 53.6 Å². The Labute approximate surface area is 152 Å². The van der Waals surface area contributed by atoms with Crippen molar-refractivity contribution >= 4 is 17.5 Å². The Morgan fingerprint density at radius 1 is 1.04 bits per heavy atom. The maximum Gasteiger partial charge on any atom is 0.248 e. The number of anilines is 1. The molecule has 0 saturated carbocycles. The lowest BCUT2D eigenvalue weighted by molar-refractivity contribution is -0.117. The van der Waals surface area contributed by atoms with Crippen LogP contribution in [0.4, 0.5) is 5.69 Å². The molecule has 0 aromatic heterocycles. The van der Waals surface area contributed by atoms with Crippen molar-refractivity contribution in [1.29, 1.82) is 0 Å². The molecule has 138 valence electrons. The Morgan fingerprint density at radius 3 is 2.27 bits per heavy atom. The molecular formula is C19H23N3O4. The van der Waals surface area contributed by atoms with Crippen molar-refractivity contribution in [3.8, 4) is 11.5 Å². The summed E-state index contributed by atoms with van der Waals surface area (Å²) in [6.07, 6.45) is 0. The van der Waals surface area contributed by atoms with Gasteiger partial charge in [0, 0.05) is 17.8 Å². The molecule has 0 bridgehead atoms. The predicted octanol–water partition coefficient (Wildman–Crippen LogP) is 1.87. The van der Waals surface area contributed by atoms with Gasteiger partial charge in [0.2, 0.25) is 11.8 Å². The topological polar surface area (TPSA) is 93.9 Å². The molecule has 3 N–H and O–H groups in total. The number of rotatable bonds is 8. The van der Waals surface area contributed by atoms with Crippen LogP contribution in [0, 0.1) is 0 Å². The second kappa shape index (κ2) is 8.87. The molecule has 0 heterocycles. The van der Waals surface area contributed by atoms with Gasteiger partial charge in [0.05, 0.1) is 20.8 Å². The zero-order valence-electron chi connectivity index (χ0n) is 15.1. The summed E-state index contributed by atoms with van der Waals surface area (Å²) in [5.74, 6) is 0.658. The van der Waals surface area contributed by atoms with Crippen LogP contribution in [0.3, 0.4) is 0 Å². The van der Waals surface area contributed by atoms with Gasteiger partial charge in [-0.25, -0.2) is 0 Å². The smallest absolute Gasteiger partial charge is 0.248 e. The highest BCUT2D eigenvalue weighted by Gasteiger charge is 2.10. The number of carbonyl (C=O) groups excluding carboxylic acids is 2. The van der Waals surface area contributed by atoms with E-state index in [1.165, 1.54) is 0 Å². The SMILES string of the molecule is COc1ccc(CN(C)CC(=O)Nc2ccc(C(N)=O)cc2)cc1OC. The molecule has 7 nitrogen and oxygen atoms in total. The number of nitrogens with two attached hydrogens (primary N) is 1. The minimum Gasteiger partial charge on any atom is -0.493 e. The zero-order chi connectivity index (χ0) is 19.1. The van der Waals surface area contributed by atoms with E-state index in [4.69, 9.17) is 15.2 Å². The highest BCUT2D eigenvalue weighted by Crippen LogP contribution is 2.27. The number of nitrogens with one attached hydrogen (secondary N) is 1. The van der Waals surface area contributed by atoms with Crippen LogP contribution in [0.25, 0.3) is 0 Å². The van der Waals surface area contributed by atoms with Gasteiger partial charge in [0.25, 0.3) is 0 Å². The lowest BCUT2D eigenvalue weighted by Gasteiger charge is -2.17. The van der Waals surface area contributed by atoms with Gasteiger partial charge in [-0.1, -0.05) is 6.07 Å². The molecular weight excluding hydrogens is 334 g/mol. The maximum absolute atomic E-state index is 12.2. The van der Waals surface area contributed by atoms with Gasteiger partial charge in [-0.3, -0.25) is 14.5 Å². The van der Waals surface area contributed by atoms with Crippen LogP contribution in [0.15, 0.2) is 42.5 Å². The molecule has 0 spiro atoms. The summed E-state index contributed by atoms with van der Waals surface area (Å²) < 4.78 is 10.5. The first-order valence-electron chi connectivity index (χ1n) is 8.02. The lowest BCUT2D eigenvalue weighted by atomic mass is 10.2. The van der Waals surface area contributed by atoms with E-state index >= 15 is 0 Å². The second-order valence-electron chi connectivity index (χ2n) is 5.85. The van der Waals surface area contributed by atoms with Crippen molar-refractivity contribution in [1.82, 2.24) is 4.90 Å². The fraction of sp³-hybridized carbons (Fsp3) is 0.263. The van der Waals surface area contributed by atoms with E-state index in [0.717, 1.165) is 5.56 Å². The van der Waals surface area contributed by atoms with Gasteiger partial charge in [-0.15, -0.1) is 0 Å². The predicted molar refractivity (Wildman–Crippen MR) is 99.5 cm³/mol. The van der Waals surface area contributed by atoms with Crippen molar-refractivity contribution in [2.75, 3.05) is 33.1 Å². The van der Waals surface area contributed by atoms with Gasteiger partial charge < -0.3 is 20.5 Å². The summed E-state index contributed by atoms with van der Waals surface area (Å²) >= 11 is 0. The number of amides is 2. The number of nitrogens with zero attached hydrogens (tertiary/aromatic N) is 1. The van der Waals surface area contributed by atoms with Gasteiger partial charge >= 0.3 is 0 Å². The molecule has 7 heteroatoms. The highest BCUT2D eigenvalue weighted by atomic mass is 16.5. The molecule has 0 unspecified atom stereocenters. The third-order valence-electron chi connectivity index (χ3n) is 3.77. The minimum absolute atomic E-state index is 0.153. The number of methoxy groups -OCH3 is 2. The summed E-state index contributed by atoms with van der Waals surface area (Å²) in [7, 11) is 5.03. The van der Waals surface area contributed by atoms with Crippen LogP contribution in [0.1, 0.15) is 15.9 Å². The van der Waals surface area contributed by atoms with E-state index in [1.807, 2.05) is 30.1 Å². The number of carbonyl (C=O) groups is 2. The molecule has 26 heavy (non-hydrogen) atoms. The minimum atomic E-state index is -0.502. The molecule has 2 rings (SSSR count). The number of hydrogen-bond donors (Lipinski definition) is 2. The third kappa shape index (κ3) is 5.22. The van der Waals surface area contributed by atoms with Crippen LogP contribution >= 0.6 is 0 Å². The van der Waals surface area contributed by atoms with E-state index < -0.39 is 5.91 Å². The van der Waals surface area contributed by atoms with Crippen molar-refractivity contribution in [2.45, 2.75) is 6.54 Å². The standard InChI is InChI=1S/C19H23N3O4/c1-22(11-13-4-9-16(25-2)17(10-13)26-3)12-18(23)21-15-7-5-14(6-8-15)19(20)24/h4-10H,11-12H2,1-3H3,(H2,20,24)(H,21,23). The van der Waals surface area contributed by atoms with Gasteiger partial charge in [-0.2, -0.15) is 0 Å². The fourth-order valence-electron chi connectivity index (χ4n) is 2.51. The zero-order valence-corrected chi connectivity index (χ0v) is 15.1. The van der Waals surface area contributed by atoms with E-state index in [2.05, 4.69) is 5.32 Å². The molecule has 0 aliphatic rings. The Morgan fingerprint density at radius 2 is 1.69 bits per heavy atom. The first-order chi connectivity index (χ1) is 12.4. The molecule has 0 saturated heterocycles. The summed E-state index contributed by atoms with van der Waals surface area (Å²) in [5, 5.41) is 2.79. The van der Waals surface area contributed by atoms with E-state index in [0.29, 0.717) is 29.3 Å². The molecule has 0 atom stereocenters. The van der Waals surface area contributed by atoms with Crippen LogP contribution < -0.4 is 20.5 Å². The van der Waals surface area contributed by atoms with E-state index in [1.54, 1.807) is 38.5 Å². The third-order valence-corrected chi connectivity index (χ3v) is 3.77. The Balaban J connectivity index is 1.91. The van der Waals surface area contributed by atoms with Crippen molar-refractivity contribution in [3.63, 3.8) is 0 Å². The average Bonchev–Trinajstić information content (AvgIpc) is 2.61. The molecule has 0 fully saturated rings. The molecule has 2 amide bonds. The maximum atomic E-state index is 12.2. The number of ether oxygens (including phenoxy) is 2. The number of primary amides is 1. The van der Waals surface area contributed by atoms with Gasteiger partial charge in [0.15, 0.2) is 11.5 Å². The quantitative estimate of drug-likeness (QED) is 0.752. The van der Waals surface area contributed by atoms with Crippen LogP contribution in [0.2, 0.25) is 0 Å². The van der Waals surface area contributed by atoms with E-state index in [-0.39, 0.29) is 12.5 Å². The monoisotopic (exact) mass is 357 g/mol. The van der Waals surface area contributed by atoms with E-state index in [9.17, 15) is 9.59 Å². The Bertz CT molecular complexity index is 775. The number of hydrogen-bond acceptors (Lipinski definition) is 5. The first-order valence-corrected chi connectivity index (χ1v) is 8.02. The van der Waals surface area contributed by atoms with Crippen molar-refractivity contribution < 1.29 is 19.1 Å². The molecule has 2 aromatic rings. The largest absolute Gasteiger partial charge is 0.493 e. The first kappa shape index (κ1) is 19.3. The van der Waals surface area contributed by atoms with Gasteiger partial charge in [0.1, 0.15) is 0 Å². The fourth-order valence-corrected chi connectivity index (χ4v) is 2.51. The summed E-state index contributed by atoms with van der Waals surface area (Å²) in [6, 6.07) is 12.1. The summed E-state index contributed by atoms with van der Waals surface area (Å²) in [5.41, 5.74) is 7.20. The average molecular weight is 357 g/mol. The lowest BCUT2D eigenvalue weighted by Crippen LogP contribution is -2.29. The molecule has 0 aliphatic heterocycles. The van der Waals surface area contributed by atoms with Crippen LogP contribution in [0.5, 0.6) is 11.5 Å². The molecule has 0 aliphatic carbocycles. The van der Waals surface area contributed by atoms with Crippen molar-refractivity contribution in [2.24, 2.45) is 5.73 Å². The van der Waals surface area contributed by atoms with Crippen LogP contribution in [-0.4, -0.2) is 44.5 Å². The van der Waals surface area contributed by atoms with Crippen LogP contribution in [-0.2, 0) is 11.3 Å². The second-order valence-corrected chi connectivity index (χ2v) is 5.85. The highest BCUT2D eigenvalue weighted by molar-refractivity contribution is 5.95. The number of likely N-dealkylation sites (N-methyl/N-ethyl adjacent to an activating group) is 1.